The van der Waals surface area contributed by atoms with E-state index in [-0.39, 0.29) is 5.91 Å². The second kappa shape index (κ2) is 8.55. The van der Waals surface area contributed by atoms with Crippen LogP contribution in [0.3, 0.4) is 0 Å². The molecule has 0 unspecified atom stereocenters. The van der Waals surface area contributed by atoms with Gasteiger partial charge in [0.05, 0.1) is 0 Å². The highest BCUT2D eigenvalue weighted by Crippen LogP contribution is 2.12. The number of carbonyl (C=O) groups excluding carboxylic acids is 1. The monoisotopic (exact) mass is 217 g/mol. The molecule has 2 heteroatoms. The van der Waals surface area contributed by atoms with Gasteiger partial charge in [0.2, 0.25) is 5.91 Å². The zero-order valence-electron chi connectivity index (χ0n) is 10.2. The fraction of sp³-hybridized carbons (Fsp3) is 0.357. The lowest BCUT2D eigenvalue weighted by Crippen LogP contribution is -2.25. The lowest BCUT2D eigenvalue weighted by Gasteiger charge is -2.16. The number of nitrogens with zero attached hydrogens (tertiary/aromatic N) is 1. The van der Waals surface area contributed by atoms with Crippen molar-refractivity contribution in [2.75, 3.05) is 11.9 Å². The SMILES string of the molecule is C#CCCC(=O)N(C)c1ccccc1.CC. The topological polar surface area (TPSA) is 20.3 Å². The molecule has 0 radical (unpaired) electrons. The Kier molecular flexibility index (Phi) is 7.61. The molecule has 0 fully saturated rings. The highest BCUT2D eigenvalue weighted by Gasteiger charge is 2.08. The van der Waals surface area contributed by atoms with E-state index in [1.807, 2.05) is 44.2 Å². The number of amides is 1. The quantitative estimate of drug-likeness (QED) is 0.712. The summed E-state index contributed by atoms with van der Waals surface area (Å²) in [6.45, 7) is 4.00. The second-order valence-electron chi connectivity index (χ2n) is 2.99. The summed E-state index contributed by atoms with van der Waals surface area (Å²) in [5.74, 6) is 2.51. The van der Waals surface area contributed by atoms with Crippen LogP contribution in [0, 0.1) is 12.3 Å². The molecule has 86 valence electrons. The average Bonchev–Trinajstić information content (AvgIpc) is 2.38. The summed E-state index contributed by atoms with van der Waals surface area (Å²) in [6.07, 6.45) is 6.00. The van der Waals surface area contributed by atoms with Crippen molar-refractivity contribution in [1.82, 2.24) is 0 Å². The van der Waals surface area contributed by atoms with E-state index in [1.54, 1.807) is 11.9 Å². The molecule has 0 N–H and O–H groups in total. The van der Waals surface area contributed by atoms with Gasteiger partial charge in [-0.15, -0.1) is 12.3 Å². The fourth-order valence-corrected chi connectivity index (χ4v) is 1.14. The maximum absolute atomic E-state index is 11.5. The predicted octanol–water partition coefficient (Wildman–Crippen LogP) is 3.09. The van der Waals surface area contributed by atoms with Gasteiger partial charge in [-0.3, -0.25) is 4.79 Å². The number of hydrogen-bond donors (Lipinski definition) is 0. The smallest absolute Gasteiger partial charge is 0.227 e. The van der Waals surface area contributed by atoms with Crippen molar-refractivity contribution in [2.24, 2.45) is 0 Å². The first-order valence-electron chi connectivity index (χ1n) is 5.51. The Morgan fingerprint density at radius 3 is 2.38 bits per heavy atom. The normalized spacial score (nSPS) is 8.38. The number of rotatable bonds is 3. The van der Waals surface area contributed by atoms with Gasteiger partial charge >= 0.3 is 0 Å². The lowest BCUT2D eigenvalue weighted by atomic mass is 10.2. The molecule has 0 aliphatic heterocycles. The van der Waals surface area contributed by atoms with Crippen LogP contribution in [0.1, 0.15) is 26.7 Å². The van der Waals surface area contributed by atoms with Crippen molar-refractivity contribution in [3.8, 4) is 12.3 Å². The Bertz CT molecular complexity index is 338. The van der Waals surface area contributed by atoms with Crippen molar-refractivity contribution in [3.63, 3.8) is 0 Å². The van der Waals surface area contributed by atoms with E-state index < -0.39 is 0 Å². The van der Waals surface area contributed by atoms with Crippen LogP contribution in [0.4, 0.5) is 5.69 Å². The molecule has 1 rings (SSSR count). The van der Waals surface area contributed by atoms with Gasteiger partial charge in [-0.05, 0) is 12.1 Å². The Morgan fingerprint density at radius 2 is 1.88 bits per heavy atom. The number of terminal acetylenes is 1. The summed E-state index contributed by atoms with van der Waals surface area (Å²) >= 11 is 0. The van der Waals surface area contributed by atoms with Crippen molar-refractivity contribution in [3.05, 3.63) is 30.3 Å². The van der Waals surface area contributed by atoms with Crippen LogP contribution < -0.4 is 4.90 Å². The Hall–Kier alpha value is -1.75. The summed E-state index contributed by atoms with van der Waals surface area (Å²) < 4.78 is 0. The molecular weight excluding hydrogens is 198 g/mol. The second-order valence-corrected chi connectivity index (χ2v) is 2.99. The third-order valence-electron chi connectivity index (χ3n) is 2.00. The molecular formula is C14H19NO. The number of anilines is 1. The van der Waals surface area contributed by atoms with Crippen molar-refractivity contribution < 1.29 is 4.79 Å². The van der Waals surface area contributed by atoms with Gasteiger partial charge < -0.3 is 4.90 Å². The Labute approximate surface area is 98.3 Å². The molecule has 0 atom stereocenters. The Morgan fingerprint density at radius 1 is 1.31 bits per heavy atom. The van der Waals surface area contributed by atoms with Gasteiger partial charge in [0.1, 0.15) is 0 Å². The van der Waals surface area contributed by atoms with Crippen LogP contribution in [-0.4, -0.2) is 13.0 Å². The van der Waals surface area contributed by atoms with Crippen LogP contribution in [0.2, 0.25) is 0 Å². The predicted molar refractivity (Wildman–Crippen MR) is 69.3 cm³/mol. The minimum atomic E-state index is 0.0501. The standard InChI is InChI=1S/C12H13NO.C2H6/c1-3-4-10-12(14)13(2)11-8-6-5-7-9-11;1-2/h1,5-9H,4,10H2,2H3;1-2H3. The molecule has 2 nitrogen and oxygen atoms in total. The number of para-hydroxylation sites is 1. The van der Waals surface area contributed by atoms with Crippen molar-refractivity contribution in [1.29, 1.82) is 0 Å². The van der Waals surface area contributed by atoms with Crippen LogP contribution in [0.5, 0.6) is 0 Å². The first-order chi connectivity index (χ1) is 7.75. The summed E-state index contributed by atoms with van der Waals surface area (Å²) in [7, 11) is 1.76. The van der Waals surface area contributed by atoms with E-state index in [4.69, 9.17) is 6.42 Å². The fourth-order valence-electron chi connectivity index (χ4n) is 1.14. The number of benzene rings is 1. The maximum atomic E-state index is 11.5. The summed E-state index contributed by atoms with van der Waals surface area (Å²) in [6, 6.07) is 9.52. The molecule has 0 heterocycles. The molecule has 0 aliphatic rings. The number of hydrogen-bond acceptors (Lipinski definition) is 1. The summed E-state index contributed by atoms with van der Waals surface area (Å²) in [5, 5.41) is 0. The average molecular weight is 217 g/mol. The zero-order chi connectivity index (χ0) is 12.4. The van der Waals surface area contributed by atoms with Gasteiger partial charge in [0.25, 0.3) is 0 Å². The Balaban J connectivity index is 0.00000106. The largest absolute Gasteiger partial charge is 0.315 e. The highest BCUT2D eigenvalue weighted by atomic mass is 16.2. The van der Waals surface area contributed by atoms with Gasteiger partial charge in [0, 0.05) is 25.6 Å². The molecule has 1 aromatic rings. The zero-order valence-corrected chi connectivity index (χ0v) is 10.2. The van der Waals surface area contributed by atoms with Crippen molar-refractivity contribution in [2.45, 2.75) is 26.7 Å². The van der Waals surface area contributed by atoms with Gasteiger partial charge in [0.15, 0.2) is 0 Å². The third kappa shape index (κ3) is 4.65. The summed E-state index contributed by atoms with van der Waals surface area (Å²) in [4.78, 5) is 13.2. The van der Waals surface area contributed by atoms with Crippen molar-refractivity contribution >= 4 is 11.6 Å². The van der Waals surface area contributed by atoms with E-state index in [9.17, 15) is 4.79 Å². The van der Waals surface area contributed by atoms with Gasteiger partial charge in [-0.25, -0.2) is 0 Å². The minimum Gasteiger partial charge on any atom is -0.315 e. The van der Waals surface area contributed by atoms with E-state index in [0.717, 1.165) is 5.69 Å². The molecule has 16 heavy (non-hydrogen) atoms. The maximum Gasteiger partial charge on any atom is 0.227 e. The first kappa shape index (κ1) is 14.2. The third-order valence-corrected chi connectivity index (χ3v) is 2.00. The van der Waals surface area contributed by atoms with Crippen LogP contribution in [0.25, 0.3) is 0 Å². The minimum absolute atomic E-state index is 0.0501. The molecule has 0 aromatic heterocycles. The van der Waals surface area contributed by atoms with Crippen LogP contribution >= 0.6 is 0 Å². The first-order valence-corrected chi connectivity index (χ1v) is 5.51. The van der Waals surface area contributed by atoms with Crippen LogP contribution in [0.15, 0.2) is 30.3 Å². The van der Waals surface area contributed by atoms with E-state index in [1.165, 1.54) is 0 Å². The number of carbonyl (C=O) groups is 1. The molecule has 0 spiro atoms. The van der Waals surface area contributed by atoms with E-state index in [2.05, 4.69) is 5.92 Å². The molecule has 1 amide bonds. The summed E-state index contributed by atoms with van der Waals surface area (Å²) in [5.41, 5.74) is 0.898. The molecule has 0 saturated heterocycles. The van der Waals surface area contributed by atoms with Gasteiger partial charge in [-0.2, -0.15) is 0 Å². The lowest BCUT2D eigenvalue weighted by molar-refractivity contribution is -0.118. The molecule has 0 bridgehead atoms. The molecule has 0 saturated carbocycles. The highest BCUT2D eigenvalue weighted by molar-refractivity contribution is 5.92. The van der Waals surface area contributed by atoms with E-state index >= 15 is 0 Å². The molecule has 0 aliphatic carbocycles. The van der Waals surface area contributed by atoms with Crippen LogP contribution in [-0.2, 0) is 4.79 Å². The van der Waals surface area contributed by atoms with Gasteiger partial charge in [-0.1, -0.05) is 32.0 Å². The van der Waals surface area contributed by atoms with E-state index in [0.29, 0.717) is 12.8 Å². The molecule has 1 aromatic carbocycles.